The van der Waals surface area contributed by atoms with Gasteiger partial charge < -0.3 is 15.1 Å². The highest BCUT2D eigenvalue weighted by Gasteiger charge is 2.63. The molecule has 5 nitrogen and oxygen atoms in total. The maximum atomic E-state index is 11.1. The summed E-state index contributed by atoms with van der Waals surface area (Å²) in [6, 6.07) is 0. The van der Waals surface area contributed by atoms with Crippen LogP contribution in [0.5, 0.6) is 0 Å². The fourth-order valence-corrected chi connectivity index (χ4v) is 7.07. The first-order valence-corrected chi connectivity index (χ1v) is 10.6. The molecule has 0 spiro atoms. The van der Waals surface area contributed by atoms with E-state index in [0.717, 1.165) is 57.1 Å². The number of nitrogens with zero attached hydrogens (tertiary/aromatic N) is 1. The van der Waals surface area contributed by atoms with Crippen LogP contribution in [0, 0.1) is 40.9 Å². The van der Waals surface area contributed by atoms with Crippen LogP contribution in [0.3, 0.4) is 0 Å². The smallest absolute Gasteiger partial charge is 0.344 e. The van der Waals surface area contributed by atoms with Gasteiger partial charge in [0.2, 0.25) is 6.61 Å². The number of aliphatic hydroxyl groups is 1. The van der Waals surface area contributed by atoms with Crippen molar-refractivity contribution < 1.29 is 19.8 Å². The fourth-order valence-electron chi connectivity index (χ4n) is 7.07. The molecular weight excluding hydrogens is 354 g/mol. The van der Waals surface area contributed by atoms with Crippen molar-refractivity contribution >= 4 is 11.7 Å². The third-order valence-electron chi connectivity index (χ3n) is 8.74. The minimum absolute atomic E-state index is 0.160. The lowest BCUT2D eigenvalue weighted by atomic mass is 9.46. The Kier molecular flexibility index (Phi) is 4.62. The van der Waals surface area contributed by atoms with Crippen LogP contribution in [0.25, 0.3) is 0 Å². The summed E-state index contributed by atoms with van der Waals surface area (Å²) in [5.74, 6) is 3.47. The van der Waals surface area contributed by atoms with Gasteiger partial charge in [0.25, 0.3) is 0 Å². The van der Waals surface area contributed by atoms with Gasteiger partial charge >= 0.3 is 5.97 Å². The highest BCUT2D eigenvalue weighted by Crippen LogP contribution is 2.67. The standard InChI is InChI=1S/C23H31NO4/c1-4-23(27)12-9-19-17-6-5-15-13-16(24-28-14-20(25)26)7-10-21(15,2)18(17)8-11-22(19,23)3/h1,13,17-19,27H,5-12,14H2,2-3H3,(H,25,26)/b24-16-/t17-,18+,19+,21-,22-,23+/m0/s1. The SMILES string of the molecule is C#C[C@@]1(O)CC[C@@H]2[C@H]3CCC4=C/C(=N\OCC(=O)O)CC[C@]4(C)[C@@H]3CC[C@@]21C. The van der Waals surface area contributed by atoms with Gasteiger partial charge in [0.1, 0.15) is 5.60 Å². The molecule has 0 aliphatic heterocycles. The van der Waals surface area contributed by atoms with E-state index >= 15 is 0 Å². The van der Waals surface area contributed by atoms with E-state index in [1.54, 1.807) is 0 Å². The minimum atomic E-state index is -1.01. The lowest BCUT2D eigenvalue weighted by molar-refractivity contribution is -0.142. The third-order valence-corrected chi connectivity index (χ3v) is 8.74. The molecule has 0 saturated heterocycles. The second-order valence-corrected chi connectivity index (χ2v) is 9.75. The lowest BCUT2D eigenvalue weighted by Gasteiger charge is -2.58. The molecule has 2 N–H and O–H groups in total. The van der Waals surface area contributed by atoms with Gasteiger partial charge in [0.05, 0.1) is 5.71 Å². The average Bonchev–Trinajstić information content (AvgIpc) is 2.93. The number of rotatable bonds is 3. The van der Waals surface area contributed by atoms with E-state index in [1.165, 1.54) is 5.57 Å². The van der Waals surface area contributed by atoms with Gasteiger partial charge in [-0.2, -0.15) is 0 Å². The number of hydrogen-bond acceptors (Lipinski definition) is 4. The summed E-state index contributed by atoms with van der Waals surface area (Å²) in [6.45, 7) is 4.22. The Hall–Kier alpha value is -1.80. The zero-order chi connectivity index (χ0) is 20.2. The molecule has 0 radical (unpaired) electrons. The molecule has 152 valence electrons. The highest BCUT2D eigenvalue weighted by atomic mass is 16.6. The van der Waals surface area contributed by atoms with Crippen molar-refractivity contribution in [2.75, 3.05) is 6.61 Å². The first-order valence-electron chi connectivity index (χ1n) is 10.6. The molecule has 3 fully saturated rings. The maximum Gasteiger partial charge on any atom is 0.344 e. The van der Waals surface area contributed by atoms with Gasteiger partial charge in [-0.05, 0) is 80.6 Å². The van der Waals surface area contributed by atoms with Crippen molar-refractivity contribution in [1.82, 2.24) is 0 Å². The molecule has 4 aliphatic carbocycles. The second-order valence-electron chi connectivity index (χ2n) is 9.75. The van der Waals surface area contributed by atoms with Crippen LogP contribution >= 0.6 is 0 Å². The highest BCUT2D eigenvalue weighted by molar-refractivity contribution is 5.96. The number of allylic oxidation sites excluding steroid dienone is 2. The van der Waals surface area contributed by atoms with Gasteiger partial charge in [0.15, 0.2) is 0 Å². The molecule has 0 heterocycles. The van der Waals surface area contributed by atoms with Gasteiger partial charge in [0, 0.05) is 5.41 Å². The number of oxime groups is 1. The van der Waals surface area contributed by atoms with Crippen molar-refractivity contribution in [3.8, 4) is 12.3 Å². The first kappa shape index (κ1) is 19.5. The Morgan fingerprint density at radius 3 is 2.71 bits per heavy atom. The van der Waals surface area contributed by atoms with Gasteiger partial charge in [-0.1, -0.05) is 30.5 Å². The number of aliphatic carboxylic acids is 1. The van der Waals surface area contributed by atoms with Crippen molar-refractivity contribution in [2.24, 2.45) is 33.7 Å². The van der Waals surface area contributed by atoms with Crippen LogP contribution in [0.15, 0.2) is 16.8 Å². The largest absolute Gasteiger partial charge is 0.479 e. The normalized spacial score (nSPS) is 46.0. The summed E-state index contributed by atoms with van der Waals surface area (Å²) in [7, 11) is 0. The fraction of sp³-hybridized carbons (Fsp3) is 0.739. The number of carboxylic acid groups (broad SMARTS) is 1. The Labute approximate surface area is 167 Å². The maximum absolute atomic E-state index is 11.1. The number of hydrogen-bond donors (Lipinski definition) is 2. The molecule has 0 amide bonds. The Morgan fingerprint density at radius 1 is 1.25 bits per heavy atom. The van der Waals surface area contributed by atoms with Crippen LogP contribution in [0.2, 0.25) is 0 Å². The summed E-state index contributed by atoms with van der Waals surface area (Å²) in [5, 5.41) is 23.8. The number of carbonyl (C=O) groups is 1. The van der Waals surface area contributed by atoms with E-state index in [4.69, 9.17) is 16.4 Å². The molecule has 0 aromatic rings. The van der Waals surface area contributed by atoms with Crippen molar-refractivity contribution in [3.05, 3.63) is 11.6 Å². The van der Waals surface area contributed by atoms with E-state index in [-0.39, 0.29) is 10.8 Å². The molecule has 28 heavy (non-hydrogen) atoms. The zero-order valence-electron chi connectivity index (χ0n) is 16.9. The molecule has 4 rings (SSSR count). The predicted octanol–water partition coefficient (Wildman–Crippen LogP) is 3.77. The molecule has 0 bridgehead atoms. The summed E-state index contributed by atoms with van der Waals surface area (Å²) in [6.07, 6.45) is 15.8. The topological polar surface area (TPSA) is 79.1 Å². The van der Waals surface area contributed by atoms with E-state index < -0.39 is 18.2 Å². The van der Waals surface area contributed by atoms with E-state index in [2.05, 4.69) is 31.0 Å². The number of carboxylic acids is 1. The molecule has 0 unspecified atom stereocenters. The number of fused-ring (bicyclic) bond motifs is 5. The summed E-state index contributed by atoms with van der Waals surface area (Å²) in [4.78, 5) is 15.6. The minimum Gasteiger partial charge on any atom is -0.479 e. The Balaban J connectivity index is 1.57. The summed E-state index contributed by atoms with van der Waals surface area (Å²) < 4.78 is 0. The average molecular weight is 386 g/mol. The zero-order valence-corrected chi connectivity index (χ0v) is 16.9. The van der Waals surface area contributed by atoms with E-state index in [1.807, 2.05) is 0 Å². The Bertz CT molecular complexity index is 780. The molecular formula is C23H31NO4. The lowest BCUT2D eigenvalue weighted by Crippen LogP contribution is -2.54. The van der Waals surface area contributed by atoms with Crippen LogP contribution in [0.1, 0.15) is 65.2 Å². The van der Waals surface area contributed by atoms with Crippen molar-refractivity contribution in [3.63, 3.8) is 0 Å². The quantitative estimate of drug-likeness (QED) is 0.572. The van der Waals surface area contributed by atoms with Crippen LogP contribution in [0.4, 0.5) is 0 Å². The van der Waals surface area contributed by atoms with Crippen LogP contribution in [-0.4, -0.2) is 34.1 Å². The van der Waals surface area contributed by atoms with Crippen molar-refractivity contribution in [1.29, 1.82) is 0 Å². The molecule has 0 aromatic heterocycles. The molecule has 6 atom stereocenters. The predicted molar refractivity (Wildman–Crippen MR) is 107 cm³/mol. The molecule has 0 aromatic carbocycles. The third kappa shape index (κ3) is 2.72. The van der Waals surface area contributed by atoms with Crippen LogP contribution in [-0.2, 0) is 9.63 Å². The second kappa shape index (κ2) is 6.62. The van der Waals surface area contributed by atoms with Crippen molar-refractivity contribution in [2.45, 2.75) is 70.8 Å². The molecule has 4 aliphatic rings. The van der Waals surface area contributed by atoms with Gasteiger partial charge in [-0.3, -0.25) is 0 Å². The number of terminal acetylenes is 1. The monoisotopic (exact) mass is 385 g/mol. The van der Waals surface area contributed by atoms with E-state index in [9.17, 15) is 9.90 Å². The van der Waals surface area contributed by atoms with E-state index in [0.29, 0.717) is 17.8 Å². The Morgan fingerprint density at radius 2 is 2.00 bits per heavy atom. The summed E-state index contributed by atoms with van der Waals surface area (Å²) >= 11 is 0. The van der Waals surface area contributed by atoms with Gasteiger partial charge in [-0.25, -0.2) is 4.79 Å². The first-order chi connectivity index (χ1) is 13.2. The molecule has 5 heteroatoms. The van der Waals surface area contributed by atoms with Crippen LogP contribution < -0.4 is 0 Å². The molecule has 3 saturated carbocycles. The van der Waals surface area contributed by atoms with Gasteiger partial charge in [-0.15, -0.1) is 6.42 Å². The summed E-state index contributed by atoms with van der Waals surface area (Å²) in [5.41, 5.74) is 1.34.